The van der Waals surface area contributed by atoms with Crippen molar-refractivity contribution in [2.24, 2.45) is 5.73 Å². The van der Waals surface area contributed by atoms with Gasteiger partial charge in [0.2, 0.25) is 0 Å². The molecule has 8 heteroatoms. The summed E-state index contributed by atoms with van der Waals surface area (Å²) < 4.78 is 1.95. The van der Waals surface area contributed by atoms with E-state index in [1.165, 1.54) is 0 Å². The molecule has 0 saturated carbocycles. The highest BCUT2D eigenvalue weighted by molar-refractivity contribution is 6.42. The van der Waals surface area contributed by atoms with Gasteiger partial charge < -0.3 is 15.6 Å². The molecule has 2 aromatic rings. The molecule has 0 aliphatic rings. The summed E-state index contributed by atoms with van der Waals surface area (Å²) in [6.45, 7) is 0.931. The van der Waals surface area contributed by atoms with Crippen molar-refractivity contribution >= 4 is 51.9 Å². The molecule has 0 radical (unpaired) electrons. The van der Waals surface area contributed by atoms with Crippen LogP contribution in [0.2, 0.25) is 10.0 Å². The number of nitrogens with zero attached hydrogens (tertiary/aromatic N) is 2. The molecule has 0 spiro atoms. The molecule has 0 aliphatic heterocycles. The van der Waals surface area contributed by atoms with Gasteiger partial charge in [0.1, 0.15) is 5.82 Å². The number of fused-ring (bicyclic) bond motifs is 1. The molecule has 108 valence electrons. The Morgan fingerprint density at radius 1 is 1.35 bits per heavy atom. The van der Waals surface area contributed by atoms with Crippen molar-refractivity contribution in [3.8, 4) is 0 Å². The van der Waals surface area contributed by atoms with Gasteiger partial charge in [-0.3, -0.25) is 0 Å². The van der Waals surface area contributed by atoms with E-state index in [2.05, 4.69) is 10.3 Å². The molecule has 0 aliphatic carbocycles. The number of carbonyl (C=O) groups excluding carboxylic acids is 1. The van der Waals surface area contributed by atoms with Gasteiger partial charge in [-0.15, -0.1) is 11.6 Å². The molecule has 5 nitrogen and oxygen atoms in total. The summed E-state index contributed by atoms with van der Waals surface area (Å²) in [4.78, 5) is 15.2. The average Bonchev–Trinajstić information content (AvgIpc) is 2.68. The number of halogens is 3. The highest BCUT2D eigenvalue weighted by atomic mass is 35.5. The second-order valence-corrected chi connectivity index (χ2v) is 5.36. The first-order chi connectivity index (χ1) is 9.52. The van der Waals surface area contributed by atoms with Crippen LogP contribution in [0.25, 0.3) is 11.0 Å². The lowest BCUT2D eigenvalue weighted by atomic mass is 10.3. The second kappa shape index (κ2) is 6.52. The number of aryl methyl sites for hydroxylation is 1. The Hall–Kier alpha value is -1.17. The van der Waals surface area contributed by atoms with Crippen LogP contribution in [0.3, 0.4) is 0 Å². The maximum absolute atomic E-state index is 10.7. The number of nitrogens with one attached hydrogen (secondary N) is 1. The number of amides is 2. The summed E-state index contributed by atoms with van der Waals surface area (Å²) in [7, 11) is 0. The number of nitrogens with two attached hydrogens (primary N) is 1. The Labute approximate surface area is 131 Å². The molecule has 0 atom stereocenters. The van der Waals surface area contributed by atoms with Crippen molar-refractivity contribution in [1.29, 1.82) is 0 Å². The van der Waals surface area contributed by atoms with Crippen LogP contribution in [0.1, 0.15) is 5.82 Å². The third-order valence-corrected chi connectivity index (χ3v) is 3.73. The van der Waals surface area contributed by atoms with Gasteiger partial charge in [0.15, 0.2) is 0 Å². The minimum atomic E-state index is -0.561. The van der Waals surface area contributed by atoms with Crippen LogP contribution in [0.15, 0.2) is 12.1 Å². The van der Waals surface area contributed by atoms with Crippen molar-refractivity contribution in [2.75, 3.05) is 12.4 Å². The third kappa shape index (κ3) is 3.29. The average molecular weight is 336 g/mol. The minimum Gasteiger partial charge on any atom is -0.352 e. The minimum absolute atomic E-state index is 0.399. The van der Waals surface area contributed by atoms with E-state index in [-0.39, 0.29) is 0 Å². The molecular weight excluding hydrogens is 323 g/mol. The molecule has 1 aromatic heterocycles. The first kappa shape index (κ1) is 15.2. The molecule has 1 aromatic carbocycles. The predicted octanol–water partition coefficient (Wildman–Crippen LogP) is 2.79. The number of carbonyl (C=O) groups is 1. The Balaban J connectivity index is 2.39. The monoisotopic (exact) mass is 334 g/mol. The predicted molar refractivity (Wildman–Crippen MR) is 81.8 cm³/mol. The maximum atomic E-state index is 10.7. The molecule has 20 heavy (non-hydrogen) atoms. The summed E-state index contributed by atoms with van der Waals surface area (Å²) in [5.74, 6) is 1.27. The fourth-order valence-electron chi connectivity index (χ4n) is 1.99. The number of primary amides is 1. The zero-order chi connectivity index (χ0) is 14.7. The van der Waals surface area contributed by atoms with Crippen LogP contribution < -0.4 is 11.1 Å². The highest BCUT2D eigenvalue weighted by Gasteiger charge is 2.12. The van der Waals surface area contributed by atoms with Gasteiger partial charge in [-0.25, -0.2) is 9.78 Å². The summed E-state index contributed by atoms with van der Waals surface area (Å²) in [6.07, 6.45) is 0.613. The van der Waals surface area contributed by atoms with E-state index in [0.29, 0.717) is 35.4 Å². The van der Waals surface area contributed by atoms with Crippen LogP contribution in [-0.2, 0) is 13.0 Å². The van der Waals surface area contributed by atoms with Gasteiger partial charge >= 0.3 is 6.03 Å². The van der Waals surface area contributed by atoms with E-state index in [9.17, 15) is 4.79 Å². The molecule has 1 heterocycles. The molecule has 0 saturated heterocycles. The molecule has 0 bridgehead atoms. The number of imidazole rings is 1. The lowest BCUT2D eigenvalue weighted by Gasteiger charge is -2.09. The third-order valence-electron chi connectivity index (χ3n) is 2.82. The summed E-state index contributed by atoms with van der Waals surface area (Å²) in [5.41, 5.74) is 6.65. The van der Waals surface area contributed by atoms with E-state index >= 15 is 0 Å². The van der Waals surface area contributed by atoms with Crippen molar-refractivity contribution in [2.45, 2.75) is 13.0 Å². The Kier molecular flexibility index (Phi) is 4.96. The van der Waals surface area contributed by atoms with E-state index in [1.807, 2.05) is 4.57 Å². The van der Waals surface area contributed by atoms with E-state index in [0.717, 1.165) is 16.9 Å². The number of aromatic nitrogens is 2. The smallest absolute Gasteiger partial charge is 0.312 e. The molecule has 0 unspecified atom stereocenters. The summed E-state index contributed by atoms with van der Waals surface area (Å²) in [6, 6.07) is 2.91. The lowest BCUT2D eigenvalue weighted by Crippen LogP contribution is -2.32. The quantitative estimate of drug-likeness (QED) is 0.825. The van der Waals surface area contributed by atoms with Gasteiger partial charge in [-0.2, -0.15) is 0 Å². The van der Waals surface area contributed by atoms with E-state index in [4.69, 9.17) is 40.5 Å². The fraction of sp³-hybridized carbons (Fsp3) is 0.333. The van der Waals surface area contributed by atoms with Gasteiger partial charge in [0.25, 0.3) is 0 Å². The van der Waals surface area contributed by atoms with Crippen molar-refractivity contribution in [3.05, 3.63) is 28.0 Å². The van der Waals surface area contributed by atoms with Crippen LogP contribution in [0.5, 0.6) is 0 Å². The molecule has 3 N–H and O–H groups in total. The maximum Gasteiger partial charge on any atom is 0.312 e. The van der Waals surface area contributed by atoms with Crippen LogP contribution in [0, 0.1) is 0 Å². The number of benzene rings is 1. The number of rotatable bonds is 5. The molecular formula is C12H13Cl3N4O. The molecule has 2 rings (SSSR count). The Bertz CT molecular complexity index is 641. The largest absolute Gasteiger partial charge is 0.352 e. The van der Waals surface area contributed by atoms with Crippen molar-refractivity contribution in [3.63, 3.8) is 0 Å². The Morgan fingerprint density at radius 2 is 2.05 bits per heavy atom. The van der Waals surface area contributed by atoms with Gasteiger partial charge in [0.05, 0.1) is 21.1 Å². The second-order valence-electron chi connectivity index (χ2n) is 4.16. The molecule has 2 amide bonds. The highest BCUT2D eigenvalue weighted by Crippen LogP contribution is 2.28. The summed E-state index contributed by atoms with van der Waals surface area (Å²) >= 11 is 17.8. The first-order valence-electron chi connectivity index (χ1n) is 5.96. The van der Waals surface area contributed by atoms with Crippen molar-refractivity contribution in [1.82, 2.24) is 14.9 Å². The number of hydrogen-bond acceptors (Lipinski definition) is 2. The van der Waals surface area contributed by atoms with Crippen LogP contribution in [0.4, 0.5) is 4.79 Å². The van der Waals surface area contributed by atoms with E-state index < -0.39 is 6.03 Å². The normalized spacial score (nSPS) is 10.9. The van der Waals surface area contributed by atoms with Crippen molar-refractivity contribution < 1.29 is 4.79 Å². The Morgan fingerprint density at radius 3 is 2.70 bits per heavy atom. The zero-order valence-electron chi connectivity index (χ0n) is 10.5. The first-order valence-corrected chi connectivity index (χ1v) is 7.25. The van der Waals surface area contributed by atoms with Crippen LogP contribution in [-0.4, -0.2) is 28.0 Å². The standard InChI is InChI=1S/C12H13Cl3N4O/c13-2-1-11-18-9-5-7(14)8(15)6-10(9)19(11)4-3-17-12(16)20/h5-6H,1-4H2,(H3,16,17,20). The van der Waals surface area contributed by atoms with Gasteiger partial charge in [-0.05, 0) is 12.1 Å². The van der Waals surface area contributed by atoms with E-state index in [1.54, 1.807) is 12.1 Å². The van der Waals surface area contributed by atoms with Gasteiger partial charge in [0, 0.05) is 25.4 Å². The summed E-state index contributed by atoms with van der Waals surface area (Å²) in [5, 5.41) is 3.46. The topological polar surface area (TPSA) is 72.9 Å². The fourth-order valence-corrected chi connectivity index (χ4v) is 2.47. The number of urea groups is 1. The molecule has 0 fully saturated rings. The number of hydrogen-bond donors (Lipinski definition) is 2. The zero-order valence-corrected chi connectivity index (χ0v) is 12.8. The SMILES string of the molecule is NC(=O)NCCn1c(CCCl)nc2cc(Cl)c(Cl)cc21. The van der Waals surface area contributed by atoms with Gasteiger partial charge in [-0.1, -0.05) is 23.2 Å². The lowest BCUT2D eigenvalue weighted by molar-refractivity contribution is 0.248. The van der Waals surface area contributed by atoms with Crippen LogP contribution >= 0.6 is 34.8 Å². The number of alkyl halides is 1.